The molecule has 0 spiro atoms. The van der Waals surface area contributed by atoms with Crippen LogP contribution in [0.4, 0.5) is 10.2 Å². The van der Waals surface area contributed by atoms with E-state index in [1.54, 1.807) is 16.8 Å². The summed E-state index contributed by atoms with van der Waals surface area (Å²) in [5, 5.41) is 5.41. The van der Waals surface area contributed by atoms with E-state index < -0.39 is 0 Å². The fourth-order valence-corrected chi connectivity index (χ4v) is 4.10. The largest absolute Gasteiger partial charge is 0.370 e. The number of morpholine rings is 1. The van der Waals surface area contributed by atoms with Crippen LogP contribution in [-0.4, -0.2) is 39.4 Å². The van der Waals surface area contributed by atoms with Crippen molar-refractivity contribution in [3.8, 4) is 11.1 Å². The van der Waals surface area contributed by atoms with Crippen molar-refractivity contribution < 1.29 is 9.13 Å². The molecule has 0 aliphatic carbocycles. The number of nitrogens with zero attached hydrogens (tertiary/aromatic N) is 5. The number of aromatic nitrogens is 4. The minimum Gasteiger partial charge on any atom is -0.370 e. The van der Waals surface area contributed by atoms with Gasteiger partial charge in [0.1, 0.15) is 17.7 Å². The Morgan fingerprint density at radius 1 is 1.13 bits per heavy atom. The Kier molecular flexibility index (Phi) is 5.08. The Morgan fingerprint density at radius 3 is 2.77 bits per heavy atom. The van der Waals surface area contributed by atoms with E-state index in [9.17, 15) is 4.39 Å². The van der Waals surface area contributed by atoms with Crippen LogP contribution in [0.5, 0.6) is 0 Å². The molecule has 0 amide bonds. The summed E-state index contributed by atoms with van der Waals surface area (Å²) >= 11 is 5.98. The van der Waals surface area contributed by atoms with E-state index in [0.717, 1.165) is 28.0 Å². The summed E-state index contributed by atoms with van der Waals surface area (Å²) in [4.78, 5) is 11.6. The number of halogens is 2. The quantitative estimate of drug-likeness (QED) is 0.464. The fraction of sp³-hybridized carbons (Fsp3) is 0.261. The second kappa shape index (κ2) is 7.90. The van der Waals surface area contributed by atoms with Crippen LogP contribution >= 0.6 is 11.6 Å². The van der Waals surface area contributed by atoms with Crippen LogP contribution in [0.3, 0.4) is 0 Å². The monoisotopic (exact) mass is 437 g/mol. The molecule has 1 aliphatic rings. The molecule has 5 rings (SSSR count). The van der Waals surface area contributed by atoms with Crippen molar-refractivity contribution in [3.05, 3.63) is 70.9 Å². The van der Waals surface area contributed by atoms with Gasteiger partial charge in [-0.2, -0.15) is 5.10 Å². The van der Waals surface area contributed by atoms with Crippen molar-refractivity contribution in [3.63, 3.8) is 0 Å². The fourth-order valence-electron chi connectivity index (χ4n) is 3.94. The molecule has 8 heteroatoms. The molecule has 0 N–H and O–H groups in total. The first-order valence-electron chi connectivity index (χ1n) is 10.1. The second-order valence-electron chi connectivity index (χ2n) is 7.73. The molecule has 158 valence electrons. The standard InChI is InChI=1S/C23H21ClFN5O/c1-14-3-5-18-19(17-6-4-16(24)9-20(17)25)10-22(28-23(18)27-14)30-7-8-31-21(13-30)15-11-26-29(2)12-15/h3-6,9-12,21H,7-8,13H2,1-2H3/t21-/m1/s1. The summed E-state index contributed by atoms with van der Waals surface area (Å²) < 4.78 is 22.6. The van der Waals surface area contributed by atoms with Crippen molar-refractivity contribution in [2.75, 3.05) is 24.6 Å². The first-order chi connectivity index (χ1) is 15.0. The lowest BCUT2D eigenvalue weighted by Crippen LogP contribution is -2.38. The van der Waals surface area contributed by atoms with Gasteiger partial charge in [-0.25, -0.2) is 14.4 Å². The van der Waals surface area contributed by atoms with Crippen LogP contribution in [0.25, 0.3) is 22.2 Å². The lowest BCUT2D eigenvalue weighted by molar-refractivity contribution is 0.0395. The Balaban J connectivity index is 1.60. The maximum atomic E-state index is 14.8. The van der Waals surface area contributed by atoms with Gasteiger partial charge in [-0.05, 0) is 48.9 Å². The minimum absolute atomic E-state index is 0.110. The zero-order valence-corrected chi connectivity index (χ0v) is 18.0. The summed E-state index contributed by atoms with van der Waals surface area (Å²) in [5.74, 6) is 0.369. The summed E-state index contributed by atoms with van der Waals surface area (Å²) in [6.45, 7) is 3.79. The molecule has 0 radical (unpaired) electrons. The molecule has 1 aliphatic heterocycles. The molecule has 31 heavy (non-hydrogen) atoms. The van der Waals surface area contributed by atoms with E-state index in [1.165, 1.54) is 6.07 Å². The normalized spacial score (nSPS) is 16.8. The summed E-state index contributed by atoms with van der Waals surface area (Å²) in [7, 11) is 1.88. The summed E-state index contributed by atoms with van der Waals surface area (Å²) in [5.41, 5.74) is 3.68. The smallest absolute Gasteiger partial charge is 0.162 e. The Bertz CT molecular complexity index is 1270. The first kappa shape index (κ1) is 19.9. The number of anilines is 1. The van der Waals surface area contributed by atoms with E-state index in [1.807, 2.05) is 44.6 Å². The van der Waals surface area contributed by atoms with Crippen molar-refractivity contribution in [2.24, 2.45) is 7.05 Å². The van der Waals surface area contributed by atoms with Gasteiger partial charge >= 0.3 is 0 Å². The number of hydrogen-bond donors (Lipinski definition) is 0. The molecule has 1 aromatic carbocycles. The zero-order valence-electron chi connectivity index (χ0n) is 17.2. The molecule has 6 nitrogen and oxygen atoms in total. The summed E-state index contributed by atoms with van der Waals surface area (Å²) in [6.07, 6.45) is 3.67. The first-order valence-corrected chi connectivity index (χ1v) is 10.4. The van der Waals surface area contributed by atoms with Gasteiger partial charge in [0.25, 0.3) is 0 Å². The molecular weight excluding hydrogens is 417 g/mol. The summed E-state index contributed by atoms with van der Waals surface area (Å²) in [6, 6.07) is 10.5. The van der Waals surface area contributed by atoms with E-state index >= 15 is 0 Å². The predicted molar refractivity (Wildman–Crippen MR) is 119 cm³/mol. The average molecular weight is 438 g/mol. The van der Waals surface area contributed by atoms with Gasteiger partial charge in [-0.15, -0.1) is 0 Å². The third-order valence-corrected chi connectivity index (χ3v) is 5.74. The number of aryl methyl sites for hydroxylation is 2. The van der Waals surface area contributed by atoms with Crippen molar-refractivity contribution in [1.29, 1.82) is 0 Å². The predicted octanol–water partition coefficient (Wildman–Crippen LogP) is 4.71. The Hall–Kier alpha value is -3.03. The molecule has 0 bridgehead atoms. The highest BCUT2D eigenvalue weighted by Crippen LogP contribution is 2.35. The molecule has 1 atom stereocenters. The van der Waals surface area contributed by atoms with Gasteiger partial charge in [-0.1, -0.05) is 11.6 Å². The molecule has 1 fully saturated rings. The van der Waals surface area contributed by atoms with Crippen LogP contribution in [0, 0.1) is 12.7 Å². The van der Waals surface area contributed by atoms with Crippen molar-refractivity contribution in [2.45, 2.75) is 13.0 Å². The second-order valence-corrected chi connectivity index (χ2v) is 8.17. The number of benzene rings is 1. The number of rotatable bonds is 3. The number of hydrogen-bond acceptors (Lipinski definition) is 5. The van der Waals surface area contributed by atoms with Gasteiger partial charge in [0.2, 0.25) is 0 Å². The molecule has 4 heterocycles. The Labute approximate surface area is 184 Å². The van der Waals surface area contributed by atoms with Crippen LogP contribution in [-0.2, 0) is 11.8 Å². The lowest BCUT2D eigenvalue weighted by atomic mass is 10.0. The van der Waals surface area contributed by atoms with Crippen LogP contribution in [0.1, 0.15) is 17.4 Å². The molecular formula is C23H21ClFN5O. The minimum atomic E-state index is -0.373. The van der Waals surface area contributed by atoms with E-state index in [4.69, 9.17) is 21.3 Å². The molecule has 1 saturated heterocycles. The highest BCUT2D eigenvalue weighted by molar-refractivity contribution is 6.30. The highest BCUT2D eigenvalue weighted by Gasteiger charge is 2.25. The molecule has 0 unspecified atom stereocenters. The van der Waals surface area contributed by atoms with Crippen LogP contribution in [0.2, 0.25) is 5.02 Å². The van der Waals surface area contributed by atoms with Gasteiger partial charge < -0.3 is 9.64 Å². The molecule has 0 saturated carbocycles. The van der Waals surface area contributed by atoms with E-state index in [-0.39, 0.29) is 11.9 Å². The van der Waals surface area contributed by atoms with Crippen molar-refractivity contribution >= 4 is 28.5 Å². The third kappa shape index (κ3) is 3.86. The number of ether oxygens (including phenoxy) is 1. The Morgan fingerprint density at radius 2 is 2.00 bits per heavy atom. The van der Waals surface area contributed by atoms with Gasteiger partial charge in [0.15, 0.2) is 5.65 Å². The number of fused-ring (bicyclic) bond motifs is 1. The van der Waals surface area contributed by atoms with E-state index in [2.05, 4.69) is 15.0 Å². The number of pyridine rings is 2. The van der Waals surface area contributed by atoms with E-state index in [0.29, 0.717) is 35.9 Å². The zero-order chi connectivity index (χ0) is 21.5. The van der Waals surface area contributed by atoms with Gasteiger partial charge in [-0.3, -0.25) is 4.68 Å². The van der Waals surface area contributed by atoms with Crippen molar-refractivity contribution in [1.82, 2.24) is 19.7 Å². The maximum absolute atomic E-state index is 14.8. The average Bonchev–Trinajstić information content (AvgIpc) is 3.19. The highest BCUT2D eigenvalue weighted by atomic mass is 35.5. The third-order valence-electron chi connectivity index (χ3n) is 5.51. The lowest BCUT2D eigenvalue weighted by Gasteiger charge is -2.33. The SMILES string of the molecule is Cc1ccc2c(-c3ccc(Cl)cc3F)cc(N3CCO[C@@H](c4cnn(C)c4)C3)nc2n1. The van der Waals surface area contributed by atoms with Crippen LogP contribution in [0.15, 0.2) is 48.8 Å². The topological polar surface area (TPSA) is 56.1 Å². The van der Waals surface area contributed by atoms with Gasteiger partial charge in [0, 0.05) is 53.6 Å². The maximum Gasteiger partial charge on any atom is 0.162 e. The molecule has 3 aromatic heterocycles. The molecule has 4 aromatic rings. The van der Waals surface area contributed by atoms with Crippen LogP contribution < -0.4 is 4.90 Å². The van der Waals surface area contributed by atoms with Gasteiger partial charge in [0.05, 0.1) is 12.8 Å².